The molecular weight excluding hydrogens is 232 g/mol. The molecule has 0 fully saturated rings. The fraction of sp³-hybridized carbons (Fsp3) is 0.571. The van der Waals surface area contributed by atoms with E-state index >= 15 is 0 Å². The molecule has 0 heterocycles. The molecule has 1 aromatic rings. The van der Waals surface area contributed by atoms with Crippen molar-refractivity contribution in [2.24, 2.45) is 0 Å². The standard InChI is InChI=1S/C14H22O4/c1-10-7-11(2)14(13(8-10)17-4)12(15)9-18-6-5-16-3/h7-8,12,15H,5-6,9H2,1-4H3. The Morgan fingerprint density at radius 3 is 2.50 bits per heavy atom. The van der Waals surface area contributed by atoms with Crippen LogP contribution in [0.15, 0.2) is 12.1 Å². The van der Waals surface area contributed by atoms with Crippen molar-refractivity contribution in [1.82, 2.24) is 0 Å². The van der Waals surface area contributed by atoms with E-state index in [1.165, 1.54) is 0 Å². The summed E-state index contributed by atoms with van der Waals surface area (Å²) in [6.45, 7) is 5.20. The van der Waals surface area contributed by atoms with Crippen molar-refractivity contribution >= 4 is 0 Å². The smallest absolute Gasteiger partial charge is 0.125 e. The van der Waals surface area contributed by atoms with Gasteiger partial charge in [0.15, 0.2) is 0 Å². The summed E-state index contributed by atoms with van der Waals surface area (Å²) in [6.07, 6.45) is -0.683. The number of aliphatic hydroxyl groups excluding tert-OH is 1. The Bertz CT molecular complexity index is 376. The van der Waals surface area contributed by atoms with Gasteiger partial charge in [0.1, 0.15) is 11.9 Å². The average molecular weight is 254 g/mol. The first-order chi connectivity index (χ1) is 8.60. The van der Waals surface area contributed by atoms with Gasteiger partial charge in [0.05, 0.1) is 26.9 Å². The topological polar surface area (TPSA) is 47.9 Å². The van der Waals surface area contributed by atoms with Crippen molar-refractivity contribution in [2.45, 2.75) is 20.0 Å². The van der Waals surface area contributed by atoms with Crippen molar-refractivity contribution in [3.8, 4) is 5.75 Å². The fourth-order valence-corrected chi connectivity index (χ4v) is 1.96. The molecule has 0 aliphatic rings. The molecule has 1 unspecified atom stereocenters. The molecule has 0 saturated heterocycles. The number of methoxy groups -OCH3 is 2. The number of ether oxygens (including phenoxy) is 3. The molecular formula is C14H22O4. The predicted octanol–water partition coefficient (Wildman–Crippen LogP) is 2.01. The summed E-state index contributed by atoms with van der Waals surface area (Å²) >= 11 is 0. The average Bonchev–Trinajstić information content (AvgIpc) is 2.33. The first-order valence-corrected chi connectivity index (χ1v) is 6.00. The van der Waals surface area contributed by atoms with E-state index in [-0.39, 0.29) is 6.61 Å². The molecule has 1 N–H and O–H groups in total. The second kappa shape index (κ2) is 7.36. The van der Waals surface area contributed by atoms with Gasteiger partial charge in [-0.15, -0.1) is 0 Å². The molecule has 0 saturated carbocycles. The molecule has 1 aromatic carbocycles. The van der Waals surface area contributed by atoms with E-state index in [1.807, 2.05) is 26.0 Å². The lowest BCUT2D eigenvalue weighted by Crippen LogP contribution is -2.12. The number of benzene rings is 1. The molecule has 0 bridgehead atoms. The third-order valence-corrected chi connectivity index (χ3v) is 2.75. The minimum atomic E-state index is -0.683. The summed E-state index contributed by atoms with van der Waals surface area (Å²) < 4.78 is 15.5. The maximum atomic E-state index is 10.2. The normalized spacial score (nSPS) is 12.5. The minimum absolute atomic E-state index is 0.240. The van der Waals surface area contributed by atoms with Crippen LogP contribution in [-0.4, -0.2) is 39.1 Å². The Kier molecular flexibility index (Phi) is 6.12. The van der Waals surface area contributed by atoms with Gasteiger partial charge in [-0.05, 0) is 31.0 Å². The van der Waals surface area contributed by atoms with Gasteiger partial charge in [-0.1, -0.05) is 6.07 Å². The molecule has 0 spiro atoms. The van der Waals surface area contributed by atoms with Gasteiger partial charge in [0.25, 0.3) is 0 Å². The zero-order valence-corrected chi connectivity index (χ0v) is 11.5. The van der Waals surface area contributed by atoms with Gasteiger partial charge in [0.2, 0.25) is 0 Å². The zero-order valence-electron chi connectivity index (χ0n) is 11.5. The lowest BCUT2D eigenvalue weighted by atomic mass is 10.00. The van der Waals surface area contributed by atoms with Gasteiger partial charge in [-0.3, -0.25) is 0 Å². The number of aliphatic hydroxyl groups is 1. The molecule has 0 radical (unpaired) electrons. The van der Waals surface area contributed by atoms with Crippen LogP contribution in [0.25, 0.3) is 0 Å². The SMILES string of the molecule is COCCOCC(O)c1c(C)cc(C)cc1OC. The number of hydrogen-bond acceptors (Lipinski definition) is 4. The summed E-state index contributed by atoms with van der Waals surface area (Å²) in [5.41, 5.74) is 2.91. The monoisotopic (exact) mass is 254 g/mol. The Balaban J connectivity index is 2.74. The van der Waals surface area contributed by atoms with Crippen LogP contribution in [0.2, 0.25) is 0 Å². The summed E-state index contributed by atoms with van der Waals surface area (Å²) in [5, 5.41) is 10.2. The van der Waals surface area contributed by atoms with Gasteiger partial charge in [-0.25, -0.2) is 0 Å². The predicted molar refractivity (Wildman–Crippen MR) is 70.1 cm³/mol. The third kappa shape index (κ3) is 3.98. The molecule has 0 aliphatic carbocycles. The van der Waals surface area contributed by atoms with E-state index in [0.29, 0.717) is 19.0 Å². The van der Waals surface area contributed by atoms with Crippen molar-refractivity contribution in [3.63, 3.8) is 0 Å². The highest BCUT2D eigenvalue weighted by molar-refractivity contribution is 5.44. The molecule has 18 heavy (non-hydrogen) atoms. The second-order valence-corrected chi connectivity index (χ2v) is 4.28. The van der Waals surface area contributed by atoms with Crippen molar-refractivity contribution < 1.29 is 19.3 Å². The maximum Gasteiger partial charge on any atom is 0.125 e. The first-order valence-electron chi connectivity index (χ1n) is 6.00. The van der Waals surface area contributed by atoms with E-state index in [0.717, 1.165) is 16.7 Å². The molecule has 1 rings (SSSR count). The highest BCUT2D eigenvalue weighted by Crippen LogP contribution is 2.30. The summed E-state index contributed by atoms with van der Waals surface area (Å²) in [4.78, 5) is 0. The zero-order chi connectivity index (χ0) is 13.5. The fourth-order valence-electron chi connectivity index (χ4n) is 1.96. The highest BCUT2D eigenvalue weighted by atomic mass is 16.5. The Hall–Kier alpha value is -1.10. The second-order valence-electron chi connectivity index (χ2n) is 4.28. The molecule has 0 aliphatic heterocycles. The van der Waals surface area contributed by atoms with Crippen molar-refractivity contribution in [2.75, 3.05) is 34.0 Å². The van der Waals surface area contributed by atoms with Gasteiger partial charge < -0.3 is 19.3 Å². The Labute approximate surface area is 108 Å². The lowest BCUT2D eigenvalue weighted by molar-refractivity contribution is 0.0116. The van der Waals surface area contributed by atoms with E-state index < -0.39 is 6.10 Å². The summed E-state index contributed by atoms with van der Waals surface area (Å²) in [6, 6.07) is 3.94. The van der Waals surface area contributed by atoms with Gasteiger partial charge >= 0.3 is 0 Å². The summed E-state index contributed by atoms with van der Waals surface area (Å²) in [7, 11) is 3.23. The van der Waals surface area contributed by atoms with Crippen LogP contribution in [0.1, 0.15) is 22.8 Å². The van der Waals surface area contributed by atoms with E-state index in [1.54, 1.807) is 14.2 Å². The molecule has 0 amide bonds. The number of hydrogen-bond donors (Lipinski definition) is 1. The molecule has 4 heteroatoms. The molecule has 1 atom stereocenters. The quantitative estimate of drug-likeness (QED) is 0.756. The summed E-state index contributed by atoms with van der Waals surface area (Å²) in [5.74, 6) is 0.704. The first kappa shape index (κ1) is 15.0. The Morgan fingerprint density at radius 2 is 1.89 bits per heavy atom. The van der Waals surface area contributed by atoms with Crippen LogP contribution in [0.5, 0.6) is 5.75 Å². The highest BCUT2D eigenvalue weighted by Gasteiger charge is 2.16. The minimum Gasteiger partial charge on any atom is -0.496 e. The van der Waals surface area contributed by atoms with Crippen LogP contribution < -0.4 is 4.74 Å². The van der Waals surface area contributed by atoms with Gasteiger partial charge in [0, 0.05) is 12.7 Å². The van der Waals surface area contributed by atoms with E-state index in [2.05, 4.69) is 0 Å². The van der Waals surface area contributed by atoms with Crippen LogP contribution >= 0.6 is 0 Å². The van der Waals surface area contributed by atoms with Crippen LogP contribution in [-0.2, 0) is 9.47 Å². The van der Waals surface area contributed by atoms with Crippen molar-refractivity contribution in [3.05, 3.63) is 28.8 Å². The lowest BCUT2D eigenvalue weighted by Gasteiger charge is -2.18. The largest absolute Gasteiger partial charge is 0.496 e. The van der Waals surface area contributed by atoms with Crippen LogP contribution in [0, 0.1) is 13.8 Å². The van der Waals surface area contributed by atoms with E-state index in [4.69, 9.17) is 14.2 Å². The molecule has 4 nitrogen and oxygen atoms in total. The van der Waals surface area contributed by atoms with E-state index in [9.17, 15) is 5.11 Å². The number of aryl methyl sites for hydroxylation is 2. The van der Waals surface area contributed by atoms with Crippen LogP contribution in [0.4, 0.5) is 0 Å². The maximum absolute atomic E-state index is 10.2. The Morgan fingerprint density at radius 1 is 1.17 bits per heavy atom. The van der Waals surface area contributed by atoms with Gasteiger partial charge in [-0.2, -0.15) is 0 Å². The van der Waals surface area contributed by atoms with Crippen molar-refractivity contribution in [1.29, 1.82) is 0 Å². The third-order valence-electron chi connectivity index (χ3n) is 2.75. The molecule has 0 aromatic heterocycles. The number of rotatable bonds is 7. The van der Waals surface area contributed by atoms with Crippen LogP contribution in [0.3, 0.4) is 0 Å². The molecule has 102 valence electrons.